The fourth-order valence-electron chi connectivity index (χ4n) is 5.09. The summed E-state index contributed by atoms with van der Waals surface area (Å²) in [4.78, 5) is 29.0. The first-order valence-corrected chi connectivity index (χ1v) is 16.3. The van der Waals surface area contributed by atoms with Crippen molar-refractivity contribution in [3.05, 3.63) is 93.5 Å². The molecule has 10 heteroatoms. The van der Waals surface area contributed by atoms with Gasteiger partial charge in [-0.2, -0.15) is 0 Å². The van der Waals surface area contributed by atoms with E-state index in [-0.39, 0.29) is 39.1 Å². The number of carbonyl (C=O) groups excluding carboxylic acids is 2. The third-order valence-electron chi connectivity index (χ3n) is 7.62. The molecule has 3 aromatic rings. The van der Waals surface area contributed by atoms with E-state index in [4.69, 9.17) is 23.2 Å². The molecule has 4 rings (SSSR count). The number of benzene rings is 3. The van der Waals surface area contributed by atoms with E-state index < -0.39 is 28.5 Å². The van der Waals surface area contributed by atoms with Crippen LogP contribution in [0.4, 0.5) is 5.69 Å². The van der Waals surface area contributed by atoms with E-state index in [1.54, 1.807) is 19.1 Å². The summed E-state index contributed by atoms with van der Waals surface area (Å²) in [5.74, 6) is -0.797. The molecule has 0 saturated heterocycles. The number of hydrogen-bond donors (Lipinski definition) is 1. The van der Waals surface area contributed by atoms with Crippen LogP contribution in [0.3, 0.4) is 0 Å². The average Bonchev–Trinajstić information content (AvgIpc) is 2.95. The largest absolute Gasteiger partial charge is 0.352 e. The van der Waals surface area contributed by atoms with Gasteiger partial charge in [-0.3, -0.25) is 13.9 Å². The van der Waals surface area contributed by atoms with Crippen LogP contribution < -0.4 is 9.62 Å². The van der Waals surface area contributed by atoms with Crippen molar-refractivity contribution >= 4 is 50.7 Å². The van der Waals surface area contributed by atoms with E-state index in [9.17, 15) is 18.0 Å². The summed E-state index contributed by atoms with van der Waals surface area (Å²) in [6, 6.07) is 17.7. The normalized spacial score (nSPS) is 14.7. The van der Waals surface area contributed by atoms with Gasteiger partial charge >= 0.3 is 0 Å². The van der Waals surface area contributed by atoms with Crippen molar-refractivity contribution in [2.45, 2.75) is 76.4 Å². The predicted molar refractivity (Wildman–Crippen MR) is 168 cm³/mol. The summed E-state index contributed by atoms with van der Waals surface area (Å²) < 4.78 is 29.0. The number of nitrogens with one attached hydrogen (secondary N) is 1. The number of rotatable bonds is 10. The lowest BCUT2D eigenvalue weighted by Crippen LogP contribution is -2.53. The number of carbonyl (C=O) groups is 2. The Labute approximate surface area is 258 Å². The fourth-order valence-corrected chi connectivity index (χ4v) is 7.00. The lowest BCUT2D eigenvalue weighted by Gasteiger charge is -2.33. The number of halogens is 2. The van der Waals surface area contributed by atoms with Crippen LogP contribution in [-0.4, -0.2) is 43.8 Å². The Bertz CT molecular complexity index is 1490. The number of aryl methyl sites for hydroxylation is 2. The van der Waals surface area contributed by atoms with Crippen LogP contribution in [-0.2, 0) is 26.2 Å². The fraction of sp³-hybridized carbons (Fsp3) is 0.375. The lowest BCUT2D eigenvalue weighted by molar-refractivity contribution is -0.139. The van der Waals surface area contributed by atoms with Gasteiger partial charge in [0.1, 0.15) is 12.6 Å². The van der Waals surface area contributed by atoms with Gasteiger partial charge in [0.2, 0.25) is 11.8 Å². The molecule has 42 heavy (non-hydrogen) atoms. The van der Waals surface area contributed by atoms with E-state index in [0.29, 0.717) is 0 Å². The van der Waals surface area contributed by atoms with Gasteiger partial charge in [-0.15, -0.1) is 0 Å². The zero-order valence-electron chi connectivity index (χ0n) is 24.1. The van der Waals surface area contributed by atoms with Crippen molar-refractivity contribution in [1.29, 1.82) is 0 Å². The minimum absolute atomic E-state index is 0.0187. The van der Waals surface area contributed by atoms with Gasteiger partial charge in [-0.25, -0.2) is 8.42 Å². The molecule has 1 aliphatic carbocycles. The van der Waals surface area contributed by atoms with Gasteiger partial charge in [-0.05, 0) is 69.5 Å². The topological polar surface area (TPSA) is 86.8 Å². The zero-order valence-corrected chi connectivity index (χ0v) is 26.5. The maximum absolute atomic E-state index is 14.1. The molecular formula is C32H37Cl2N3O4S. The molecule has 0 heterocycles. The second-order valence-electron chi connectivity index (χ2n) is 11.0. The summed E-state index contributed by atoms with van der Waals surface area (Å²) in [6.45, 7) is 5.08. The third kappa shape index (κ3) is 8.06. The molecule has 3 aromatic carbocycles. The van der Waals surface area contributed by atoms with Crippen molar-refractivity contribution in [3.8, 4) is 0 Å². The number of sulfonamides is 1. The molecule has 0 aliphatic heterocycles. The summed E-state index contributed by atoms with van der Waals surface area (Å²) in [5, 5.41) is 3.57. The van der Waals surface area contributed by atoms with Crippen molar-refractivity contribution in [3.63, 3.8) is 0 Å². The monoisotopic (exact) mass is 629 g/mol. The minimum atomic E-state index is -4.21. The van der Waals surface area contributed by atoms with Crippen molar-refractivity contribution in [2.24, 2.45) is 0 Å². The van der Waals surface area contributed by atoms with Gasteiger partial charge in [0.05, 0.1) is 10.6 Å². The van der Waals surface area contributed by atoms with E-state index in [2.05, 4.69) is 5.32 Å². The maximum Gasteiger partial charge on any atom is 0.264 e. The number of anilines is 1. The number of hydrogen-bond acceptors (Lipinski definition) is 4. The van der Waals surface area contributed by atoms with E-state index in [1.807, 2.05) is 38.1 Å². The van der Waals surface area contributed by atoms with E-state index in [1.165, 1.54) is 35.2 Å². The molecule has 1 N–H and O–H groups in total. The smallest absolute Gasteiger partial charge is 0.264 e. The molecule has 0 bridgehead atoms. The van der Waals surface area contributed by atoms with Crippen LogP contribution in [0.5, 0.6) is 0 Å². The highest BCUT2D eigenvalue weighted by molar-refractivity contribution is 7.92. The molecule has 1 saturated carbocycles. The van der Waals surface area contributed by atoms with Crippen LogP contribution >= 0.6 is 23.2 Å². The van der Waals surface area contributed by atoms with Crippen molar-refractivity contribution in [2.75, 3.05) is 10.8 Å². The Morgan fingerprint density at radius 2 is 1.43 bits per heavy atom. The molecule has 224 valence electrons. The van der Waals surface area contributed by atoms with Crippen LogP contribution in [0.2, 0.25) is 10.0 Å². The van der Waals surface area contributed by atoms with Crippen molar-refractivity contribution < 1.29 is 18.0 Å². The van der Waals surface area contributed by atoms with Gasteiger partial charge < -0.3 is 10.2 Å². The first kappa shape index (κ1) is 31.9. The van der Waals surface area contributed by atoms with Crippen LogP contribution in [0, 0.1) is 13.8 Å². The van der Waals surface area contributed by atoms with Crippen LogP contribution in [0.15, 0.2) is 71.6 Å². The molecule has 0 unspecified atom stereocenters. The summed E-state index contributed by atoms with van der Waals surface area (Å²) >= 11 is 12.5. The Morgan fingerprint density at radius 3 is 2.00 bits per heavy atom. The highest BCUT2D eigenvalue weighted by Gasteiger charge is 2.33. The second kappa shape index (κ2) is 13.9. The molecule has 1 atom stereocenters. The number of amides is 2. The summed E-state index contributed by atoms with van der Waals surface area (Å²) in [6.07, 6.45) is 5.07. The van der Waals surface area contributed by atoms with Gasteiger partial charge in [0, 0.05) is 22.6 Å². The third-order valence-corrected chi connectivity index (χ3v) is 9.84. The molecular weight excluding hydrogens is 593 g/mol. The molecule has 2 amide bonds. The zero-order chi connectivity index (χ0) is 30.4. The Kier molecular flexibility index (Phi) is 10.6. The second-order valence-corrected chi connectivity index (χ2v) is 13.7. The Balaban J connectivity index is 1.69. The molecule has 0 aromatic heterocycles. The lowest BCUT2D eigenvalue weighted by atomic mass is 9.95. The standard InChI is InChI=1S/C32H37Cl2N3O4S/c1-22-9-13-25(14-10-22)20-36(24(3)32(39)35-28-7-5-4-6-8-28)31(38)21-37(29-18-26(33)17-27(34)19-29)42(40,41)30-15-11-23(2)12-16-30/h9-19,24,28H,4-8,20-21H2,1-3H3,(H,35,39)/t24-/m1/s1. The molecule has 0 spiro atoms. The first-order valence-electron chi connectivity index (χ1n) is 14.1. The molecule has 1 aliphatic rings. The quantitative estimate of drug-likeness (QED) is 0.271. The Morgan fingerprint density at radius 1 is 0.881 bits per heavy atom. The molecule has 1 fully saturated rings. The molecule has 0 radical (unpaired) electrons. The molecule has 7 nitrogen and oxygen atoms in total. The Hall–Kier alpha value is -3.07. The van der Waals surface area contributed by atoms with Gasteiger partial charge in [0.15, 0.2) is 0 Å². The maximum atomic E-state index is 14.1. The first-order chi connectivity index (χ1) is 19.9. The summed E-state index contributed by atoms with van der Waals surface area (Å²) in [7, 11) is -4.21. The van der Waals surface area contributed by atoms with Crippen molar-refractivity contribution in [1.82, 2.24) is 10.2 Å². The van der Waals surface area contributed by atoms with E-state index >= 15 is 0 Å². The highest BCUT2D eigenvalue weighted by Crippen LogP contribution is 2.30. The van der Waals surface area contributed by atoms with Gasteiger partial charge in [0.25, 0.3) is 10.0 Å². The van der Waals surface area contributed by atoms with Crippen LogP contribution in [0.1, 0.15) is 55.7 Å². The van der Waals surface area contributed by atoms with Gasteiger partial charge in [-0.1, -0.05) is 90.0 Å². The SMILES string of the molecule is Cc1ccc(CN(C(=O)CN(c2cc(Cl)cc(Cl)c2)S(=O)(=O)c2ccc(C)cc2)[C@H](C)C(=O)NC2CCCCC2)cc1. The van der Waals surface area contributed by atoms with E-state index in [0.717, 1.165) is 53.1 Å². The number of nitrogens with zero attached hydrogens (tertiary/aromatic N) is 2. The van der Waals surface area contributed by atoms with Crippen LogP contribution in [0.25, 0.3) is 0 Å². The highest BCUT2D eigenvalue weighted by atomic mass is 35.5. The predicted octanol–water partition coefficient (Wildman–Crippen LogP) is 6.67. The minimum Gasteiger partial charge on any atom is -0.352 e. The average molecular weight is 631 g/mol. The summed E-state index contributed by atoms with van der Waals surface area (Å²) in [5.41, 5.74) is 2.93.